The van der Waals surface area contributed by atoms with E-state index in [9.17, 15) is 14.0 Å². The Morgan fingerprint density at radius 1 is 1.19 bits per heavy atom. The lowest BCUT2D eigenvalue weighted by Gasteiger charge is -2.22. The van der Waals surface area contributed by atoms with Gasteiger partial charge in [-0.2, -0.15) is 0 Å². The third kappa shape index (κ3) is 6.09. The standard InChI is InChI=1S/C19H25FN4O2S/c1-4-6-7-15(25)21-16(12(3)5-2)17(26)22-19-24-23-18(27-19)13-8-10-14(20)11-9-13/h8-12,16H,4-7H2,1-3H3,(H,21,25)(H,22,24,26)/t12-,16+/m1/s1. The first kappa shape index (κ1) is 21.0. The molecule has 0 aliphatic rings. The van der Waals surface area contributed by atoms with E-state index in [1.165, 1.54) is 23.5 Å². The van der Waals surface area contributed by atoms with Gasteiger partial charge in [0.15, 0.2) is 0 Å². The summed E-state index contributed by atoms with van der Waals surface area (Å²) in [6.07, 6.45) is 2.87. The van der Waals surface area contributed by atoms with Crippen molar-refractivity contribution in [2.24, 2.45) is 5.92 Å². The second-order valence-corrected chi connectivity index (χ2v) is 7.42. The van der Waals surface area contributed by atoms with Gasteiger partial charge < -0.3 is 5.32 Å². The van der Waals surface area contributed by atoms with E-state index in [-0.39, 0.29) is 23.5 Å². The second-order valence-electron chi connectivity index (χ2n) is 6.44. The summed E-state index contributed by atoms with van der Waals surface area (Å²) in [4.78, 5) is 24.7. The Balaban J connectivity index is 2.05. The number of hydrogen-bond acceptors (Lipinski definition) is 5. The largest absolute Gasteiger partial charge is 0.344 e. The minimum atomic E-state index is -0.627. The van der Waals surface area contributed by atoms with Gasteiger partial charge in [-0.15, -0.1) is 10.2 Å². The molecule has 0 fully saturated rings. The molecule has 27 heavy (non-hydrogen) atoms. The van der Waals surface area contributed by atoms with Crippen molar-refractivity contribution in [1.29, 1.82) is 0 Å². The van der Waals surface area contributed by atoms with E-state index in [1.54, 1.807) is 12.1 Å². The molecule has 1 heterocycles. The summed E-state index contributed by atoms with van der Waals surface area (Å²) in [5.41, 5.74) is 0.723. The topological polar surface area (TPSA) is 84.0 Å². The Hall–Kier alpha value is -2.35. The van der Waals surface area contributed by atoms with Crippen LogP contribution in [-0.4, -0.2) is 28.1 Å². The minimum Gasteiger partial charge on any atom is -0.344 e. The quantitative estimate of drug-likeness (QED) is 0.675. The average Bonchev–Trinajstić information content (AvgIpc) is 3.12. The highest BCUT2D eigenvalue weighted by Crippen LogP contribution is 2.26. The van der Waals surface area contributed by atoms with Crippen LogP contribution in [0.4, 0.5) is 9.52 Å². The highest BCUT2D eigenvalue weighted by Gasteiger charge is 2.26. The van der Waals surface area contributed by atoms with Crippen molar-refractivity contribution in [3.05, 3.63) is 30.1 Å². The molecular formula is C19H25FN4O2S. The zero-order valence-corrected chi connectivity index (χ0v) is 16.6. The molecule has 2 aromatic rings. The summed E-state index contributed by atoms with van der Waals surface area (Å²) in [7, 11) is 0. The smallest absolute Gasteiger partial charge is 0.249 e. The molecule has 0 spiro atoms. The summed E-state index contributed by atoms with van der Waals surface area (Å²) >= 11 is 1.20. The number of nitrogens with one attached hydrogen (secondary N) is 2. The fourth-order valence-electron chi connectivity index (χ4n) is 2.45. The normalized spacial score (nSPS) is 13.0. The van der Waals surface area contributed by atoms with Crippen LogP contribution in [0.3, 0.4) is 0 Å². The molecule has 0 saturated carbocycles. The van der Waals surface area contributed by atoms with Gasteiger partial charge in [-0.1, -0.05) is 44.9 Å². The number of carbonyl (C=O) groups is 2. The molecule has 6 nitrogen and oxygen atoms in total. The third-order valence-corrected chi connectivity index (χ3v) is 5.20. The van der Waals surface area contributed by atoms with Gasteiger partial charge in [-0.3, -0.25) is 14.9 Å². The van der Waals surface area contributed by atoms with E-state index in [1.807, 2.05) is 20.8 Å². The van der Waals surface area contributed by atoms with E-state index in [0.29, 0.717) is 16.6 Å². The molecular weight excluding hydrogens is 367 g/mol. The van der Waals surface area contributed by atoms with Crippen molar-refractivity contribution < 1.29 is 14.0 Å². The average molecular weight is 393 g/mol. The number of carbonyl (C=O) groups excluding carboxylic acids is 2. The Bertz CT molecular complexity index is 763. The zero-order valence-electron chi connectivity index (χ0n) is 15.8. The van der Waals surface area contributed by atoms with Gasteiger partial charge in [0.25, 0.3) is 0 Å². The van der Waals surface area contributed by atoms with E-state index < -0.39 is 6.04 Å². The number of nitrogens with zero attached hydrogens (tertiary/aromatic N) is 2. The second kappa shape index (κ2) is 10.1. The van der Waals surface area contributed by atoms with Crippen LogP contribution in [0.1, 0.15) is 46.5 Å². The molecule has 0 aliphatic carbocycles. The van der Waals surface area contributed by atoms with E-state index in [4.69, 9.17) is 0 Å². The molecule has 2 atom stereocenters. The van der Waals surface area contributed by atoms with Gasteiger partial charge >= 0.3 is 0 Å². The van der Waals surface area contributed by atoms with Crippen LogP contribution in [0.5, 0.6) is 0 Å². The van der Waals surface area contributed by atoms with Gasteiger partial charge in [0.2, 0.25) is 16.9 Å². The fraction of sp³-hybridized carbons (Fsp3) is 0.474. The van der Waals surface area contributed by atoms with E-state index >= 15 is 0 Å². The Morgan fingerprint density at radius 2 is 1.89 bits per heavy atom. The van der Waals surface area contributed by atoms with Crippen molar-refractivity contribution in [2.75, 3.05) is 5.32 Å². The number of anilines is 1. The maximum atomic E-state index is 13.0. The lowest BCUT2D eigenvalue weighted by molar-refractivity contribution is -0.127. The molecule has 0 bridgehead atoms. The molecule has 146 valence electrons. The van der Waals surface area contributed by atoms with Crippen LogP contribution in [0, 0.1) is 11.7 Å². The minimum absolute atomic E-state index is 0.0138. The molecule has 8 heteroatoms. The molecule has 0 radical (unpaired) electrons. The van der Waals surface area contributed by atoms with Crippen LogP contribution in [0.2, 0.25) is 0 Å². The molecule has 2 amide bonds. The molecule has 2 rings (SSSR count). The van der Waals surface area contributed by atoms with Crippen molar-refractivity contribution in [3.8, 4) is 10.6 Å². The van der Waals surface area contributed by atoms with E-state index in [2.05, 4.69) is 20.8 Å². The SMILES string of the molecule is CCCCC(=O)N[C@H](C(=O)Nc1nnc(-c2ccc(F)cc2)s1)[C@H](C)CC. The monoisotopic (exact) mass is 392 g/mol. The Kier molecular flexibility index (Phi) is 7.84. The molecule has 0 saturated heterocycles. The molecule has 0 aliphatic heterocycles. The zero-order chi connectivity index (χ0) is 19.8. The van der Waals surface area contributed by atoms with Crippen molar-refractivity contribution in [1.82, 2.24) is 15.5 Å². The first-order valence-corrected chi connectivity index (χ1v) is 9.95. The first-order chi connectivity index (χ1) is 12.9. The molecule has 2 N–H and O–H groups in total. The maximum Gasteiger partial charge on any atom is 0.249 e. The van der Waals surface area contributed by atoms with Crippen LogP contribution in [0.25, 0.3) is 10.6 Å². The van der Waals surface area contributed by atoms with Crippen LogP contribution < -0.4 is 10.6 Å². The molecule has 1 aromatic heterocycles. The fourth-order valence-corrected chi connectivity index (χ4v) is 3.20. The number of benzene rings is 1. The third-order valence-electron chi connectivity index (χ3n) is 4.32. The Labute approximate surface area is 162 Å². The number of rotatable bonds is 9. The van der Waals surface area contributed by atoms with Crippen LogP contribution in [0.15, 0.2) is 24.3 Å². The summed E-state index contributed by atoms with van der Waals surface area (Å²) < 4.78 is 13.0. The van der Waals surface area contributed by atoms with Crippen molar-refractivity contribution in [2.45, 2.75) is 52.5 Å². The van der Waals surface area contributed by atoms with Crippen molar-refractivity contribution >= 4 is 28.3 Å². The first-order valence-electron chi connectivity index (χ1n) is 9.14. The molecule has 0 unspecified atom stereocenters. The van der Waals surface area contributed by atoms with Crippen molar-refractivity contribution in [3.63, 3.8) is 0 Å². The predicted molar refractivity (Wildman–Crippen MR) is 105 cm³/mol. The summed E-state index contributed by atoms with van der Waals surface area (Å²) in [5, 5.41) is 14.5. The number of unbranched alkanes of at least 4 members (excludes halogenated alkanes) is 1. The number of amides is 2. The van der Waals surface area contributed by atoms with Gasteiger partial charge in [-0.25, -0.2) is 4.39 Å². The van der Waals surface area contributed by atoms with Crippen LogP contribution >= 0.6 is 11.3 Å². The number of halogens is 1. The van der Waals surface area contributed by atoms with Gasteiger partial charge in [-0.05, 0) is 36.6 Å². The van der Waals surface area contributed by atoms with Gasteiger partial charge in [0.05, 0.1) is 0 Å². The van der Waals surface area contributed by atoms with Crippen LogP contribution in [-0.2, 0) is 9.59 Å². The highest BCUT2D eigenvalue weighted by molar-refractivity contribution is 7.18. The lowest BCUT2D eigenvalue weighted by atomic mass is 9.98. The Morgan fingerprint density at radius 3 is 2.52 bits per heavy atom. The molecule has 1 aromatic carbocycles. The maximum absolute atomic E-state index is 13.0. The predicted octanol–water partition coefficient (Wildman–Crippen LogP) is 4.00. The highest BCUT2D eigenvalue weighted by atomic mass is 32.1. The number of hydrogen-bond donors (Lipinski definition) is 2. The van der Waals surface area contributed by atoms with E-state index in [0.717, 1.165) is 24.8 Å². The summed E-state index contributed by atoms with van der Waals surface area (Å²) in [5.74, 6) is -0.773. The number of aromatic nitrogens is 2. The van der Waals surface area contributed by atoms with Gasteiger partial charge in [0, 0.05) is 12.0 Å². The summed E-state index contributed by atoms with van der Waals surface area (Å²) in [6.45, 7) is 5.91. The summed E-state index contributed by atoms with van der Waals surface area (Å²) in [6, 6.07) is 5.28. The van der Waals surface area contributed by atoms with Gasteiger partial charge in [0.1, 0.15) is 16.9 Å². The lowest BCUT2D eigenvalue weighted by Crippen LogP contribution is -2.47.